The number of rotatable bonds is 4. The van der Waals surface area contributed by atoms with Crippen LogP contribution in [0.2, 0.25) is 0 Å². The van der Waals surface area contributed by atoms with Crippen molar-refractivity contribution in [3.05, 3.63) is 70.8 Å². The molecule has 1 N–H and O–H groups in total. The van der Waals surface area contributed by atoms with E-state index in [1.165, 1.54) is 23.1 Å². The molecule has 2 aromatic carbocycles. The van der Waals surface area contributed by atoms with E-state index in [4.69, 9.17) is 0 Å². The van der Waals surface area contributed by atoms with Crippen LogP contribution < -0.4 is 0 Å². The predicted octanol–water partition coefficient (Wildman–Crippen LogP) is 3.38. The van der Waals surface area contributed by atoms with Crippen molar-refractivity contribution in [2.45, 2.75) is 25.3 Å². The van der Waals surface area contributed by atoms with Gasteiger partial charge < -0.3 is 10.0 Å². The van der Waals surface area contributed by atoms with Gasteiger partial charge in [-0.2, -0.15) is 0 Å². The first kappa shape index (κ1) is 17.1. The molecule has 0 saturated heterocycles. The van der Waals surface area contributed by atoms with Crippen molar-refractivity contribution in [3.8, 4) is 0 Å². The fraction of sp³-hybridized carbons (Fsp3) is 0.263. The standard InChI is InChI=1S/C19H17F2NO3/c20-18(21)13-6-3-4-12(8-13)9-17(23)22-10-14-5-1-2-7-15(14)16(11-22)19(24)25/h1-8,16,18H,9-11H2,(H,24,25). The van der Waals surface area contributed by atoms with Gasteiger partial charge >= 0.3 is 5.97 Å². The maximum atomic E-state index is 12.8. The van der Waals surface area contributed by atoms with Crippen molar-refractivity contribution in [1.29, 1.82) is 0 Å². The number of benzene rings is 2. The summed E-state index contributed by atoms with van der Waals surface area (Å²) in [5, 5.41) is 9.45. The van der Waals surface area contributed by atoms with Gasteiger partial charge in [0.2, 0.25) is 5.91 Å². The smallest absolute Gasteiger partial charge is 0.312 e. The molecule has 3 rings (SSSR count). The van der Waals surface area contributed by atoms with Crippen LogP contribution in [0.5, 0.6) is 0 Å². The molecule has 0 aromatic heterocycles. The molecule has 0 fully saturated rings. The van der Waals surface area contributed by atoms with Crippen LogP contribution in [0.25, 0.3) is 0 Å². The van der Waals surface area contributed by atoms with Gasteiger partial charge in [-0.25, -0.2) is 8.78 Å². The fourth-order valence-electron chi connectivity index (χ4n) is 3.13. The van der Waals surface area contributed by atoms with Crippen molar-refractivity contribution in [2.75, 3.05) is 6.54 Å². The van der Waals surface area contributed by atoms with Crippen LogP contribution in [0.1, 0.15) is 34.6 Å². The molecular weight excluding hydrogens is 328 g/mol. The molecule has 0 radical (unpaired) electrons. The summed E-state index contributed by atoms with van der Waals surface area (Å²) in [5.41, 5.74) is 1.89. The largest absolute Gasteiger partial charge is 0.481 e. The average molecular weight is 345 g/mol. The van der Waals surface area contributed by atoms with Gasteiger partial charge in [0.25, 0.3) is 6.43 Å². The van der Waals surface area contributed by atoms with E-state index in [9.17, 15) is 23.5 Å². The number of carboxylic acid groups (broad SMARTS) is 1. The van der Waals surface area contributed by atoms with Gasteiger partial charge in [-0.15, -0.1) is 0 Å². The molecule has 1 amide bonds. The first-order valence-electron chi connectivity index (χ1n) is 7.91. The lowest BCUT2D eigenvalue weighted by Gasteiger charge is -2.33. The summed E-state index contributed by atoms with van der Waals surface area (Å²) in [6, 6.07) is 12.9. The van der Waals surface area contributed by atoms with Gasteiger partial charge in [0, 0.05) is 18.7 Å². The molecular formula is C19H17F2NO3. The van der Waals surface area contributed by atoms with Crippen LogP contribution in [0, 0.1) is 0 Å². The number of halogens is 2. The van der Waals surface area contributed by atoms with Crippen molar-refractivity contribution >= 4 is 11.9 Å². The lowest BCUT2D eigenvalue weighted by Crippen LogP contribution is -2.41. The Labute approximate surface area is 143 Å². The molecule has 1 heterocycles. The van der Waals surface area contributed by atoms with E-state index < -0.39 is 18.3 Å². The number of hydrogen-bond donors (Lipinski definition) is 1. The minimum absolute atomic E-state index is 0.0327. The van der Waals surface area contributed by atoms with Crippen LogP contribution in [-0.2, 0) is 22.6 Å². The second kappa shape index (κ2) is 7.01. The van der Waals surface area contributed by atoms with Gasteiger partial charge in [-0.3, -0.25) is 9.59 Å². The summed E-state index contributed by atoms with van der Waals surface area (Å²) >= 11 is 0. The van der Waals surface area contributed by atoms with Gasteiger partial charge in [0.15, 0.2) is 0 Å². The lowest BCUT2D eigenvalue weighted by atomic mass is 9.89. The minimum Gasteiger partial charge on any atom is -0.481 e. The maximum Gasteiger partial charge on any atom is 0.312 e. The van der Waals surface area contributed by atoms with E-state index in [1.54, 1.807) is 24.3 Å². The Hall–Kier alpha value is -2.76. The molecule has 25 heavy (non-hydrogen) atoms. The highest BCUT2D eigenvalue weighted by Gasteiger charge is 2.32. The van der Waals surface area contributed by atoms with Gasteiger partial charge in [-0.1, -0.05) is 42.5 Å². The van der Waals surface area contributed by atoms with E-state index in [-0.39, 0.29) is 24.4 Å². The average Bonchev–Trinajstić information content (AvgIpc) is 2.60. The quantitative estimate of drug-likeness (QED) is 0.924. The van der Waals surface area contributed by atoms with Gasteiger partial charge in [0.05, 0.1) is 12.3 Å². The molecule has 0 bridgehead atoms. The molecule has 1 aliphatic heterocycles. The molecule has 130 valence electrons. The topological polar surface area (TPSA) is 57.6 Å². The Morgan fingerprint density at radius 3 is 2.64 bits per heavy atom. The Morgan fingerprint density at radius 1 is 1.16 bits per heavy atom. The number of alkyl halides is 2. The van der Waals surface area contributed by atoms with E-state index in [0.29, 0.717) is 12.1 Å². The maximum absolute atomic E-state index is 12.8. The molecule has 2 aromatic rings. The zero-order chi connectivity index (χ0) is 18.0. The summed E-state index contributed by atoms with van der Waals surface area (Å²) < 4.78 is 25.6. The fourth-order valence-corrected chi connectivity index (χ4v) is 3.13. The number of aliphatic carboxylic acids is 1. The molecule has 1 atom stereocenters. The number of nitrogens with zero attached hydrogens (tertiary/aromatic N) is 1. The highest BCUT2D eigenvalue weighted by atomic mass is 19.3. The summed E-state index contributed by atoms with van der Waals surface area (Å²) in [6.07, 6.45) is -2.62. The van der Waals surface area contributed by atoms with Crippen molar-refractivity contribution < 1.29 is 23.5 Å². The Kier molecular flexibility index (Phi) is 4.79. The van der Waals surface area contributed by atoms with E-state index >= 15 is 0 Å². The number of carbonyl (C=O) groups is 2. The van der Waals surface area contributed by atoms with E-state index in [2.05, 4.69) is 0 Å². The van der Waals surface area contributed by atoms with Gasteiger partial charge in [0.1, 0.15) is 0 Å². The number of carboxylic acids is 1. The SMILES string of the molecule is O=C(O)C1CN(C(=O)Cc2cccc(C(F)F)c2)Cc2ccccc21. The summed E-state index contributed by atoms with van der Waals surface area (Å²) in [7, 11) is 0. The van der Waals surface area contributed by atoms with Crippen molar-refractivity contribution in [2.24, 2.45) is 0 Å². The normalized spacial score (nSPS) is 16.6. The Balaban J connectivity index is 1.79. The summed E-state index contributed by atoms with van der Waals surface area (Å²) in [5.74, 6) is -2.03. The number of hydrogen-bond acceptors (Lipinski definition) is 2. The Morgan fingerprint density at radius 2 is 1.92 bits per heavy atom. The molecule has 0 spiro atoms. The highest BCUT2D eigenvalue weighted by molar-refractivity contribution is 5.82. The lowest BCUT2D eigenvalue weighted by molar-refractivity contribution is -0.141. The molecule has 1 unspecified atom stereocenters. The van der Waals surface area contributed by atoms with Crippen LogP contribution in [0.3, 0.4) is 0 Å². The van der Waals surface area contributed by atoms with E-state index in [0.717, 1.165) is 11.1 Å². The number of fused-ring (bicyclic) bond motifs is 1. The molecule has 1 aliphatic rings. The number of carbonyl (C=O) groups excluding carboxylic acids is 1. The summed E-state index contributed by atoms with van der Waals surface area (Å²) in [4.78, 5) is 25.6. The van der Waals surface area contributed by atoms with Crippen molar-refractivity contribution in [3.63, 3.8) is 0 Å². The van der Waals surface area contributed by atoms with Crippen LogP contribution in [0.4, 0.5) is 8.78 Å². The van der Waals surface area contributed by atoms with Crippen molar-refractivity contribution in [1.82, 2.24) is 4.90 Å². The third-order valence-electron chi connectivity index (χ3n) is 4.40. The van der Waals surface area contributed by atoms with Gasteiger partial charge in [-0.05, 0) is 22.8 Å². The highest BCUT2D eigenvalue weighted by Crippen LogP contribution is 2.29. The second-order valence-electron chi connectivity index (χ2n) is 6.09. The van der Waals surface area contributed by atoms with Crippen LogP contribution in [0.15, 0.2) is 48.5 Å². The molecule has 6 heteroatoms. The number of amides is 1. The predicted molar refractivity (Wildman–Crippen MR) is 87.3 cm³/mol. The van der Waals surface area contributed by atoms with Crippen LogP contribution >= 0.6 is 0 Å². The minimum atomic E-state index is -2.59. The first-order valence-corrected chi connectivity index (χ1v) is 7.91. The second-order valence-corrected chi connectivity index (χ2v) is 6.09. The molecule has 0 saturated carbocycles. The zero-order valence-corrected chi connectivity index (χ0v) is 13.4. The monoisotopic (exact) mass is 345 g/mol. The third kappa shape index (κ3) is 3.68. The van der Waals surface area contributed by atoms with Crippen LogP contribution in [-0.4, -0.2) is 28.4 Å². The first-order chi connectivity index (χ1) is 12.0. The third-order valence-corrected chi connectivity index (χ3v) is 4.40. The summed E-state index contributed by atoms with van der Waals surface area (Å²) in [6.45, 7) is 0.410. The zero-order valence-electron chi connectivity index (χ0n) is 13.4. The molecule has 0 aliphatic carbocycles. The van der Waals surface area contributed by atoms with E-state index in [1.807, 2.05) is 6.07 Å². The molecule has 4 nitrogen and oxygen atoms in total. The Bertz CT molecular complexity index is 807.